The predicted octanol–water partition coefficient (Wildman–Crippen LogP) is 1.83. The molecule has 0 aromatic carbocycles. The Kier molecular flexibility index (Phi) is 5.76. The number of nitrogen functional groups attached to an aromatic ring is 1. The lowest BCUT2D eigenvalue weighted by molar-refractivity contribution is 0.0891. The quantitative estimate of drug-likeness (QED) is 0.615. The first-order valence-electron chi connectivity index (χ1n) is 6.77. The molecule has 0 aliphatic heterocycles. The van der Waals surface area contributed by atoms with Gasteiger partial charge >= 0.3 is 0 Å². The number of carbonyl (C=O) groups excluding carboxylic acids is 1. The van der Waals surface area contributed by atoms with E-state index in [1.807, 2.05) is 27.7 Å². The summed E-state index contributed by atoms with van der Waals surface area (Å²) in [4.78, 5) is 16.8. The minimum absolute atomic E-state index is 0.0307. The Bertz CT molecular complexity index is 461. The minimum atomic E-state index is -0.437. The maximum atomic E-state index is 12.3. The summed E-state index contributed by atoms with van der Waals surface area (Å²) in [6, 6.07) is 0.228. The molecule has 1 atom stereocenters. The zero-order chi connectivity index (χ0) is 15.3. The predicted molar refractivity (Wildman–Crippen MR) is 83.2 cm³/mol. The van der Waals surface area contributed by atoms with E-state index >= 15 is 0 Å². The molecular formula is C13H24N4O2S. The largest absolute Gasteiger partial charge is 0.396 e. The fourth-order valence-corrected chi connectivity index (χ4v) is 2.63. The molecule has 6 nitrogen and oxygen atoms in total. The fourth-order valence-electron chi connectivity index (χ4n) is 1.71. The van der Waals surface area contributed by atoms with Gasteiger partial charge in [-0.25, -0.2) is 4.98 Å². The van der Waals surface area contributed by atoms with Crippen LogP contribution in [0.4, 0.5) is 10.9 Å². The lowest BCUT2D eigenvalue weighted by Gasteiger charge is -2.28. The third-order valence-corrected chi connectivity index (χ3v) is 4.13. The number of aliphatic hydroxyl groups is 1. The molecule has 20 heavy (non-hydrogen) atoms. The number of hydrogen-bond donors (Lipinski definition) is 4. The van der Waals surface area contributed by atoms with Gasteiger partial charge in [0, 0.05) is 18.2 Å². The number of carbonyl (C=O) groups is 1. The van der Waals surface area contributed by atoms with Gasteiger partial charge < -0.3 is 21.5 Å². The van der Waals surface area contributed by atoms with Crippen LogP contribution in [0.15, 0.2) is 0 Å². The third kappa shape index (κ3) is 4.35. The second-order valence-corrected chi connectivity index (χ2v) is 6.37. The van der Waals surface area contributed by atoms with E-state index in [1.165, 1.54) is 11.3 Å². The van der Waals surface area contributed by atoms with Crippen molar-refractivity contribution in [1.29, 1.82) is 0 Å². The van der Waals surface area contributed by atoms with Crippen molar-refractivity contribution >= 4 is 28.2 Å². The summed E-state index contributed by atoms with van der Waals surface area (Å²) < 4.78 is 0. The average molecular weight is 300 g/mol. The number of nitrogens with one attached hydrogen (secondary N) is 2. The van der Waals surface area contributed by atoms with E-state index in [-0.39, 0.29) is 24.4 Å². The van der Waals surface area contributed by atoms with Crippen LogP contribution in [0, 0.1) is 0 Å². The zero-order valence-electron chi connectivity index (χ0n) is 12.5. The van der Waals surface area contributed by atoms with E-state index in [2.05, 4.69) is 15.6 Å². The maximum Gasteiger partial charge on any atom is 0.265 e. The highest BCUT2D eigenvalue weighted by Crippen LogP contribution is 2.26. The van der Waals surface area contributed by atoms with Gasteiger partial charge in [-0.2, -0.15) is 0 Å². The van der Waals surface area contributed by atoms with E-state index in [1.54, 1.807) is 0 Å². The first-order valence-corrected chi connectivity index (χ1v) is 7.59. The van der Waals surface area contributed by atoms with Gasteiger partial charge in [0.1, 0.15) is 10.7 Å². The molecule has 5 N–H and O–H groups in total. The Morgan fingerprint density at radius 3 is 2.70 bits per heavy atom. The fraction of sp³-hybridized carbons (Fsp3) is 0.692. The number of aromatic nitrogens is 1. The van der Waals surface area contributed by atoms with E-state index in [0.717, 1.165) is 6.42 Å². The Morgan fingerprint density at radius 1 is 1.55 bits per heavy atom. The standard InChI is InChI=1S/C13H24N4O2S/c1-5-13(4,6-7-18)17-11(19)9-10(14)16-12(20-9)15-8(2)3/h8,18H,5-7,14H2,1-4H3,(H,15,16)(H,17,19). The van der Waals surface area contributed by atoms with Crippen molar-refractivity contribution < 1.29 is 9.90 Å². The number of nitrogens with two attached hydrogens (primary N) is 1. The van der Waals surface area contributed by atoms with Crippen LogP contribution in [-0.4, -0.2) is 34.2 Å². The summed E-state index contributed by atoms with van der Waals surface area (Å²) in [5, 5.41) is 15.8. The molecule has 1 aromatic heterocycles. The van der Waals surface area contributed by atoms with E-state index in [4.69, 9.17) is 10.8 Å². The summed E-state index contributed by atoms with van der Waals surface area (Å²) in [6.07, 6.45) is 1.24. The molecule has 0 aliphatic rings. The second-order valence-electron chi connectivity index (χ2n) is 5.37. The van der Waals surface area contributed by atoms with Crippen LogP contribution in [0.3, 0.4) is 0 Å². The first kappa shape index (κ1) is 16.7. The Labute approximate surface area is 123 Å². The van der Waals surface area contributed by atoms with Gasteiger partial charge in [-0.3, -0.25) is 4.79 Å². The Balaban J connectivity index is 2.84. The van der Waals surface area contributed by atoms with Crippen molar-refractivity contribution in [2.45, 2.75) is 52.1 Å². The highest BCUT2D eigenvalue weighted by atomic mass is 32.1. The van der Waals surface area contributed by atoms with E-state index < -0.39 is 5.54 Å². The lowest BCUT2D eigenvalue weighted by Crippen LogP contribution is -2.46. The number of thiazole rings is 1. The van der Waals surface area contributed by atoms with Gasteiger partial charge in [0.15, 0.2) is 5.13 Å². The summed E-state index contributed by atoms with van der Waals surface area (Å²) in [7, 11) is 0. The zero-order valence-corrected chi connectivity index (χ0v) is 13.3. The molecule has 114 valence electrons. The summed E-state index contributed by atoms with van der Waals surface area (Å²) >= 11 is 1.24. The average Bonchev–Trinajstić information content (AvgIpc) is 2.69. The minimum Gasteiger partial charge on any atom is -0.396 e. The van der Waals surface area contributed by atoms with Crippen LogP contribution in [0.1, 0.15) is 50.2 Å². The number of nitrogens with zero attached hydrogens (tertiary/aromatic N) is 1. The maximum absolute atomic E-state index is 12.3. The third-order valence-electron chi connectivity index (χ3n) is 3.13. The lowest BCUT2D eigenvalue weighted by atomic mass is 9.95. The number of rotatable bonds is 7. The van der Waals surface area contributed by atoms with Gasteiger partial charge in [-0.05, 0) is 33.6 Å². The van der Waals surface area contributed by atoms with Gasteiger partial charge in [0.2, 0.25) is 0 Å². The number of hydrogen-bond acceptors (Lipinski definition) is 6. The first-order chi connectivity index (χ1) is 9.31. The normalized spacial score (nSPS) is 14.1. The molecule has 0 aliphatic carbocycles. The molecule has 0 saturated heterocycles. The molecule has 0 saturated carbocycles. The molecule has 0 bridgehead atoms. The Hall–Kier alpha value is -1.34. The molecule has 1 amide bonds. The van der Waals surface area contributed by atoms with Crippen LogP contribution in [-0.2, 0) is 0 Å². The SMILES string of the molecule is CCC(C)(CCO)NC(=O)c1sc(NC(C)C)nc1N. The van der Waals surface area contributed by atoms with Gasteiger partial charge in [-0.15, -0.1) is 0 Å². The van der Waals surface area contributed by atoms with Gasteiger partial charge in [0.05, 0.1) is 0 Å². The molecule has 7 heteroatoms. The number of aliphatic hydroxyl groups excluding tert-OH is 1. The van der Waals surface area contributed by atoms with Crippen LogP contribution in [0.2, 0.25) is 0 Å². The molecule has 1 rings (SSSR count). The summed E-state index contributed by atoms with van der Waals surface area (Å²) in [5.41, 5.74) is 5.36. The van der Waals surface area contributed by atoms with Crippen molar-refractivity contribution in [3.05, 3.63) is 4.88 Å². The molecule has 0 radical (unpaired) electrons. The van der Waals surface area contributed by atoms with Crippen LogP contribution >= 0.6 is 11.3 Å². The molecule has 1 unspecified atom stereocenters. The van der Waals surface area contributed by atoms with E-state index in [9.17, 15) is 4.79 Å². The number of anilines is 2. The molecule has 0 fully saturated rings. The van der Waals surface area contributed by atoms with Crippen molar-refractivity contribution in [3.8, 4) is 0 Å². The van der Waals surface area contributed by atoms with Crippen molar-refractivity contribution in [3.63, 3.8) is 0 Å². The Morgan fingerprint density at radius 2 is 2.20 bits per heavy atom. The van der Waals surface area contributed by atoms with Gasteiger partial charge in [0.25, 0.3) is 5.91 Å². The van der Waals surface area contributed by atoms with Crippen LogP contribution in [0.25, 0.3) is 0 Å². The van der Waals surface area contributed by atoms with Crippen molar-refractivity contribution in [1.82, 2.24) is 10.3 Å². The van der Waals surface area contributed by atoms with Crippen molar-refractivity contribution in [2.24, 2.45) is 0 Å². The van der Waals surface area contributed by atoms with Crippen LogP contribution < -0.4 is 16.4 Å². The van der Waals surface area contributed by atoms with E-state index in [0.29, 0.717) is 16.4 Å². The highest BCUT2D eigenvalue weighted by Gasteiger charge is 2.26. The second kappa shape index (κ2) is 6.90. The van der Waals surface area contributed by atoms with Crippen molar-refractivity contribution in [2.75, 3.05) is 17.7 Å². The monoisotopic (exact) mass is 300 g/mol. The smallest absolute Gasteiger partial charge is 0.265 e. The summed E-state index contributed by atoms with van der Waals surface area (Å²) in [5.74, 6) is -0.00675. The molecule has 1 heterocycles. The highest BCUT2D eigenvalue weighted by molar-refractivity contribution is 7.18. The summed E-state index contributed by atoms with van der Waals surface area (Å²) in [6.45, 7) is 7.89. The molecule has 1 aromatic rings. The topological polar surface area (TPSA) is 100 Å². The van der Waals surface area contributed by atoms with Crippen LogP contribution in [0.5, 0.6) is 0 Å². The number of amides is 1. The van der Waals surface area contributed by atoms with Gasteiger partial charge in [-0.1, -0.05) is 18.3 Å². The molecular weight excluding hydrogens is 276 g/mol. The molecule has 0 spiro atoms.